The van der Waals surface area contributed by atoms with Gasteiger partial charge in [0.25, 0.3) is 0 Å². The van der Waals surface area contributed by atoms with E-state index in [1.807, 2.05) is 72.8 Å². The highest BCUT2D eigenvalue weighted by atomic mass is 16.5. The number of nitrogens with one attached hydrogen (secondary N) is 1. The summed E-state index contributed by atoms with van der Waals surface area (Å²) in [5.74, 6) is -3.46. The van der Waals surface area contributed by atoms with Crippen LogP contribution < -0.4 is 5.32 Å². The number of fused-ring (bicyclic) bond motifs is 2. The highest BCUT2D eigenvalue weighted by molar-refractivity contribution is 6.00. The number of hydrogen-bond donors (Lipinski definition) is 2. The molecule has 2 N–H and O–H groups in total. The first-order valence-corrected chi connectivity index (χ1v) is 16.7. The Bertz CT molecular complexity index is 1510. The molecule has 0 saturated carbocycles. The standard InChI is InChI=1S/C37H43N3O7/c1-2-3-12-21-39-22-13-6-11-18-30(42)46-24-27(25-14-7-4-8-15-25)38-34(43)31-29-19-20-37(47-29)32(31)35(44)40(33(37)36(39)45)28(23-41)26-16-9-5-10-17-26/h4-10,13-17,19-20,27-29,31-33,41H,2-3,11-12,18,21-24H2,1H3,(H,38,43)/b13-6-/t27-,28+,29-,31+,32+,33-,37+/m0/s1. The molecule has 0 aromatic heterocycles. The van der Waals surface area contributed by atoms with E-state index in [0.717, 1.165) is 24.8 Å². The Labute approximate surface area is 275 Å². The van der Waals surface area contributed by atoms with Crippen LogP contribution in [0, 0.1) is 11.8 Å². The van der Waals surface area contributed by atoms with Crippen LogP contribution in [0.25, 0.3) is 0 Å². The lowest BCUT2D eigenvalue weighted by molar-refractivity contribution is -0.150. The monoisotopic (exact) mass is 641 g/mol. The molecule has 0 radical (unpaired) electrons. The van der Waals surface area contributed by atoms with Crippen LogP contribution in [0.15, 0.2) is 85.0 Å². The number of amides is 3. The molecule has 2 fully saturated rings. The molecular weight excluding hydrogens is 598 g/mol. The van der Waals surface area contributed by atoms with Gasteiger partial charge in [0.15, 0.2) is 0 Å². The highest BCUT2D eigenvalue weighted by Gasteiger charge is 2.74. The molecule has 47 heavy (non-hydrogen) atoms. The van der Waals surface area contributed by atoms with Gasteiger partial charge >= 0.3 is 5.97 Å². The van der Waals surface area contributed by atoms with E-state index < -0.39 is 66.1 Å². The van der Waals surface area contributed by atoms with E-state index in [-0.39, 0.29) is 25.5 Å². The van der Waals surface area contributed by atoms with Crippen molar-refractivity contribution in [1.82, 2.24) is 15.1 Å². The Hall–Kier alpha value is -4.28. The van der Waals surface area contributed by atoms with Gasteiger partial charge in [-0.05, 0) is 24.0 Å². The lowest BCUT2D eigenvalue weighted by atomic mass is 9.74. The zero-order valence-corrected chi connectivity index (χ0v) is 26.7. The Morgan fingerprint density at radius 1 is 0.979 bits per heavy atom. The van der Waals surface area contributed by atoms with E-state index in [0.29, 0.717) is 18.5 Å². The summed E-state index contributed by atoms with van der Waals surface area (Å²) in [4.78, 5) is 59.7. The molecule has 5 bridgehead atoms. The van der Waals surface area contributed by atoms with Crippen molar-refractivity contribution in [2.75, 3.05) is 26.3 Å². The van der Waals surface area contributed by atoms with Gasteiger partial charge in [0, 0.05) is 19.5 Å². The fourth-order valence-electron chi connectivity index (χ4n) is 7.51. The number of carbonyl (C=O) groups excluding carboxylic acids is 4. The van der Waals surface area contributed by atoms with Crippen LogP contribution in [-0.4, -0.2) is 82.6 Å². The van der Waals surface area contributed by atoms with E-state index in [9.17, 15) is 24.3 Å². The van der Waals surface area contributed by atoms with E-state index >= 15 is 0 Å². The van der Waals surface area contributed by atoms with Crippen LogP contribution in [-0.2, 0) is 28.7 Å². The highest BCUT2D eigenvalue weighted by Crippen LogP contribution is 2.57. The summed E-state index contributed by atoms with van der Waals surface area (Å²) in [7, 11) is 0. The molecule has 6 rings (SSSR count). The SMILES string of the molecule is CCCCCN1C/C=C\CCC(=O)OC[C@@H](c2ccccc2)NC(=O)[C@@H]2[C@@H]3C=C[C@]4(O3)[C@H](C1=O)N([C@H](CO)c1ccccc1)C(=O)[C@@H]24. The number of esters is 1. The minimum atomic E-state index is -1.39. The Morgan fingerprint density at radius 2 is 1.72 bits per heavy atom. The molecular formula is C37H43N3O7. The molecule has 2 aromatic rings. The molecule has 2 aromatic carbocycles. The van der Waals surface area contributed by atoms with Crippen LogP contribution in [0.3, 0.4) is 0 Å². The first kappa shape index (κ1) is 32.7. The zero-order chi connectivity index (χ0) is 33.0. The van der Waals surface area contributed by atoms with Crippen LogP contribution in [0.1, 0.15) is 62.2 Å². The number of aliphatic hydroxyl groups excluding tert-OH is 1. The Balaban J connectivity index is 1.44. The summed E-state index contributed by atoms with van der Waals surface area (Å²) < 4.78 is 12.2. The summed E-state index contributed by atoms with van der Waals surface area (Å²) >= 11 is 0. The summed E-state index contributed by atoms with van der Waals surface area (Å²) in [6, 6.07) is 15.8. The minimum absolute atomic E-state index is 0.0742. The van der Waals surface area contributed by atoms with Gasteiger partial charge in [0.1, 0.15) is 18.2 Å². The number of unbranched alkanes of at least 4 members (excludes halogenated alkanes) is 2. The smallest absolute Gasteiger partial charge is 0.306 e. The molecule has 10 nitrogen and oxygen atoms in total. The molecule has 4 aliphatic heterocycles. The molecule has 1 spiro atoms. The lowest BCUT2D eigenvalue weighted by Crippen LogP contribution is -2.57. The maximum Gasteiger partial charge on any atom is 0.306 e. The van der Waals surface area contributed by atoms with Gasteiger partial charge in [-0.2, -0.15) is 0 Å². The number of benzene rings is 2. The van der Waals surface area contributed by atoms with Crippen molar-refractivity contribution in [1.29, 1.82) is 0 Å². The number of aliphatic hydroxyl groups is 1. The van der Waals surface area contributed by atoms with Gasteiger partial charge in [-0.25, -0.2) is 0 Å². The van der Waals surface area contributed by atoms with Crippen LogP contribution in [0.4, 0.5) is 0 Å². The minimum Gasteiger partial charge on any atom is -0.463 e. The third kappa shape index (κ3) is 6.24. The van der Waals surface area contributed by atoms with E-state index in [2.05, 4.69) is 12.2 Å². The van der Waals surface area contributed by atoms with Crippen molar-refractivity contribution in [3.8, 4) is 0 Å². The molecule has 2 saturated heterocycles. The fraction of sp³-hybridized carbons (Fsp3) is 0.459. The average Bonchev–Trinajstić information content (AvgIpc) is 3.74. The van der Waals surface area contributed by atoms with Crippen molar-refractivity contribution < 1.29 is 33.8 Å². The summed E-state index contributed by atoms with van der Waals surface area (Å²) in [6.45, 7) is 2.34. The van der Waals surface area contributed by atoms with E-state index in [1.165, 1.54) is 4.90 Å². The number of carbonyl (C=O) groups is 4. The molecule has 0 aliphatic carbocycles. The molecule has 4 aliphatic rings. The predicted molar refractivity (Wildman–Crippen MR) is 173 cm³/mol. The predicted octanol–water partition coefficient (Wildman–Crippen LogP) is 3.64. The van der Waals surface area contributed by atoms with Crippen molar-refractivity contribution in [3.05, 3.63) is 96.1 Å². The Morgan fingerprint density at radius 3 is 2.45 bits per heavy atom. The second kappa shape index (κ2) is 14.2. The largest absolute Gasteiger partial charge is 0.463 e. The van der Waals surface area contributed by atoms with Gasteiger partial charge < -0.3 is 29.7 Å². The van der Waals surface area contributed by atoms with E-state index in [1.54, 1.807) is 17.1 Å². The first-order chi connectivity index (χ1) is 22.9. The summed E-state index contributed by atoms with van der Waals surface area (Å²) in [5.41, 5.74) is 0.0428. The quantitative estimate of drug-likeness (QED) is 0.256. The number of nitrogens with zero attached hydrogens (tertiary/aromatic N) is 2. The topological polar surface area (TPSA) is 125 Å². The fourth-order valence-corrected chi connectivity index (χ4v) is 7.51. The van der Waals surface area contributed by atoms with Gasteiger partial charge in [-0.1, -0.05) is 105 Å². The van der Waals surface area contributed by atoms with Crippen LogP contribution >= 0.6 is 0 Å². The first-order valence-electron chi connectivity index (χ1n) is 16.7. The summed E-state index contributed by atoms with van der Waals surface area (Å²) in [6.07, 6.45) is 9.82. The van der Waals surface area contributed by atoms with Crippen molar-refractivity contribution in [3.63, 3.8) is 0 Å². The van der Waals surface area contributed by atoms with Crippen LogP contribution in [0.2, 0.25) is 0 Å². The summed E-state index contributed by atoms with van der Waals surface area (Å²) in [5, 5.41) is 13.8. The van der Waals surface area contributed by atoms with Gasteiger partial charge in [0.2, 0.25) is 17.7 Å². The van der Waals surface area contributed by atoms with Gasteiger partial charge in [-0.3, -0.25) is 19.2 Å². The lowest BCUT2D eigenvalue weighted by Gasteiger charge is -2.39. The number of ether oxygens (including phenoxy) is 2. The van der Waals surface area contributed by atoms with Crippen LogP contribution in [0.5, 0.6) is 0 Å². The number of likely N-dealkylation sites (tertiary alicyclic amines) is 1. The molecule has 248 valence electrons. The van der Waals surface area contributed by atoms with Crippen molar-refractivity contribution in [2.24, 2.45) is 11.8 Å². The van der Waals surface area contributed by atoms with Gasteiger partial charge in [0.05, 0.1) is 36.6 Å². The second-order valence-electron chi connectivity index (χ2n) is 12.7. The maximum absolute atomic E-state index is 14.8. The number of rotatable bonds is 8. The molecule has 3 amide bonds. The Kier molecular flexibility index (Phi) is 9.89. The van der Waals surface area contributed by atoms with Crippen molar-refractivity contribution >= 4 is 23.7 Å². The van der Waals surface area contributed by atoms with Crippen molar-refractivity contribution in [2.45, 2.75) is 68.9 Å². The number of hydrogen-bond acceptors (Lipinski definition) is 7. The third-order valence-corrected chi connectivity index (χ3v) is 9.82. The molecule has 4 heterocycles. The third-order valence-electron chi connectivity index (χ3n) is 9.82. The second-order valence-corrected chi connectivity index (χ2v) is 12.7. The average molecular weight is 642 g/mol. The molecule has 0 unspecified atom stereocenters. The maximum atomic E-state index is 14.8. The van der Waals surface area contributed by atoms with E-state index in [4.69, 9.17) is 9.47 Å². The normalized spacial score (nSPS) is 30.6. The molecule has 10 heteroatoms. The van der Waals surface area contributed by atoms with Gasteiger partial charge in [-0.15, -0.1) is 0 Å². The number of cyclic esters (lactones) is 1. The number of allylic oxidation sites excluding steroid dienone is 1. The molecule has 7 atom stereocenters. The zero-order valence-electron chi connectivity index (χ0n) is 26.7.